The molecular weight excluding hydrogens is 335 g/mol. The molecule has 6 nitrogen and oxygen atoms in total. The van der Waals surface area contributed by atoms with E-state index >= 15 is 0 Å². The van der Waals surface area contributed by atoms with Gasteiger partial charge in [-0.25, -0.2) is 4.39 Å². The molecule has 2 aromatic rings. The molecule has 0 radical (unpaired) electrons. The van der Waals surface area contributed by atoms with Crippen LogP contribution in [0.2, 0.25) is 0 Å². The number of amides is 1. The molecule has 140 valence electrons. The molecule has 1 unspecified atom stereocenters. The number of rotatable bonds is 6. The number of benzene rings is 1. The van der Waals surface area contributed by atoms with Crippen LogP contribution in [-0.2, 0) is 4.79 Å². The van der Waals surface area contributed by atoms with Crippen molar-refractivity contribution in [3.8, 4) is 11.4 Å². The maximum Gasteiger partial charge on any atom is 0.249 e. The van der Waals surface area contributed by atoms with Gasteiger partial charge in [0.1, 0.15) is 11.9 Å². The van der Waals surface area contributed by atoms with E-state index in [9.17, 15) is 9.18 Å². The molecule has 1 amide bonds. The van der Waals surface area contributed by atoms with Crippen molar-refractivity contribution in [2.24, 2.45) is 5.92 Å². The lowest BCUT2D eigenvalue weighted by Crippen LogP contribution is -2.30. The zero-order chi connectivity index (χ0) is 18.5. The molecule has 1 atom stereocenters. The molecule has 2 heterocycles. The van der Waals surface area contributed by atoms with Crippen LogP contribution in [0.5, 0.6) is 0 Å². The number of hydrogen-bond acceptors (Lipinski definition) is 5. The van der Waals surface area contributed by atoms with Crippen molar-refractivity contribution in [3.05, 3.63) is 35.5 Å². The fourth-order valence-corrected chi connectivity index (χ4v) is 3.14. The summed E-state index contributed by atoms with van der Waals surface area (Å²) in [6.45, 7) is 5.57. The van der Waals surface area contributed by atoms with Crippen molar-refractivity contribution in [2.45, 2.75) is 45.6 Å². The molecule has 1 saturated heterocycles. The lowest BCUT2D eigenvalue weighted by Gasteiger charge is -2.22. The molecule has 0 saturated carbocycles. The Kier molecular flexibility index (Phi) is 5.98. The summed E-state index contributed by atoms with van der Waals surface area (Å²) in [5, 5.41) is 10.1. The van der Waals surface area contributed by atoms with Crippen molar-refractivity contribution in [2.75, 3.05) is 13.1 Å². The standard InChI is InChI=1S/C19H25FN4O2/c1-12-3-5-15(11-16(12)20)18-23-19(26-24-18)13(2)22-17(25)6-4-14-7-9-21-10-8-14/h3,5,11,13-14,21H,4,6-10H2,1-2H3,(H,22,25). The van der Waals surface area contributed by atoms with Gasteiger partial charge in [-0.3, -0.25) is 4.79 Å². The zero-order valence-electron chi connectivity index (χ0n) is 15.2. The predicted octanol–water partition coefficient (Wildman–Crippen LogP) is 3.14. The van der Waals surface area contributed by atoms with Gasteiger partial charge in [0.05, 0.1) is 0 Å². The van der Waals surface area contributed by atoms with Crippen LogP contribution >= 0.6 is 0 Å². The van der Waals surface area contributed by atoms with E-state index in [0.717, 1.165) is 32.4 Å². The molecule has 0 aliphatic carbocycles. The van der Waals surface area contributed by atoms with Crippen LogP contribution in [0.3, 0.4) is 0 Å². The topological polar surface area (TPSA) is 80.0 Å². The Labute approximate surface area is 152 Å². The highest BCUT2D eigenvalue weighted by Crippen LogP contribution is 2.22. The maximum atomic E-state index is 13.7. The van der Waals surface area contributed by atoms with Crippen LogP contribution in [-0.4, -0.2) is 29.1 Å². The second-order valence-electron chi connectivity index (χ2n) is 6.94. The van der Waals surface area contributed by atoms with Gasteiger partial charge in [-0.15, -0.1) is 0 Å². The highest BCUT2D eigenvalue weighted by molar-refractivity contribution is 5.76. The molecule has 26 heavy (non-hydrogen) atoms. The molecule has 0 bridgehead atoms. The summed E-state index contributed by atoms with van der Waals surface area (Å²) >= 11 is 0. The van der Waals surface area contributed by atoms with E-state index in [4.69, 9.17) is 4.52 Å². The van der Waals surface area contributed by atoms with Gasteiger partial charge >= 0.3 is 0 Å². The highest BCUT2D eigenvalue weighted by Gasteiger charge is 2.19. The van der Waals surface area contributed by atoms with Crippen molar-refractivity contribution in [1.29, 1.82) is 0 Å². The molecule has 1 fully saturated rings. The molecule has 3 rings (SSSR count). The van der Waals surface area contributed by atoms with Gasteiger partial charge in [0.25, 0.3) is 0 Å². The van der Waals surface area contributed by atoms with Gasteiger partial charge in [0.2, 0.25) is 17.6 Å². The van der Waals surface area contributed by atoms with E-state index in [1.807, 2.05) is 0 Å². The molecular formula is C19H25FN4O2. The smallest absolute Gasteiger partial charge is 0.249 e. The third-order valence-corrected chi connectivity index (χ3v) is 4.86. The lowest BCUT2D eigenvalue weighted by molar-refractivity contribution is -0.122. The number of nitrogens with one attached hydrogen (secondary N) is 2. The Morgan fingerprint density at radius 3 is 2.92 bits per heavy atom. The summed E-state index contributed by atoms with van der Waals surface area (Å²) in [4.78, 5) is 16.4. The molecule has 1 aromatic heterocycles. The van der Waals surface area contributed by atoms with Crippen LogP contribution in [0.25, 0.3) is 11.4 Å². The van der Waals surface area contributed by atoms with Gasteiger partial charge in [-0.05, 0) is 63.7 Å². The third kappa shape index (κ3) is 4.66. The first-order chi connectivity index (χ1) is 12.5. The monoisotopic (exact) mass is 360 g/mol. The first-order valence-corrected chi connectivity index (χ1v) is 9.13. The van der Waals surface area contributed by atoms with Crippen LogP contribution in [0.1, 0.15) is 50.1 Å². The number of carbonyl (C=O) groups is 1. The van der Waals surface area contributed by atoms with Gasteiger partial charge < -0.3 is 15.2 Å². The second-order valence-corrected chi connectivity index (χ2v) is 6.94. The minimum absolute atomic E-state index is 0.0165. The van der Waals surface area contributed by atoms with E-state index < -0.39 is 0 Å². The van der Waals surface area contributed by atoms with Crippen molar-refractivity contribution >= 4 is 5.91 Å². The van der Waals surface area contributed by atoms with Crippen molar-refractivity contribution < 1.29 is 13.7 Å². The number of piperidine rings is 1. The second kappa shape index (κ2) is 8.40. The minimum atomic E-state index is -0.382. The van der Waals surface area contributed by atoms with Crippen LogP contribution < -0.4 is 10.6 Å². The average Bonchev–Trinajstić information content (AvgIpc) is 3.13. The van der Waals surface area contributed by atoms with Crippen molar-refractivity contribution in [1.82, 2.24) is 20.8 Å². The Morgan fingerprint density at radius 2 is 2.19 bits per heavy atom. The Hall–Kier alpha value is -2.28. The van der Waals surface area contributed by atoms with Gasteiger partial charge in [0.15, 0.2) is 0 Å². The minimum Gasteiger partial charge on any atom is -0.345 e. The third-order valence-electron chi connectivity index (χ3n) is 4.86. The van der Waals surface area contributed by atoms with E-state index in [-0.39, 0.29) is 17.8 Å². The number of halogens is 1. The van der Waals surface area contributed by atoms with E-state index in [2.05, 4.69) is 20.8 Å². The molecule has 1 aliphatic rings. The maximum absolute atomic E-state index is 13.7. The lowest BCUT2D eigenvalue weighted by atomic mass is 9.93. The molecule has 1 aliphatic heterocycles. The van der Waals surface area contributed by atoms with E-state index in [0.29, 0.717) is 35.2 Å². The molecule has 1 aromatic carbocycles. The number of nitrogens with zero attached hydrogens (tertiary/aromatic N) is 2. The number of aryl methyl sites for hydroxylation is 1. The Bertz CT molecular complexity index is 756. The van der Waals surface area contributed by atoms with Crippen LogP contribution in [0.15, 0.2) is 22.7 Å². The van der Waals surface area contributed by atoms with Crippen LogP contribution in [0.4, 0.5) is 4.39 Å². The number of hydrogen-bond donors (Lipinski definition) is 2. The summed E-state index contributed by atoms with van der Waals surface area (Å²) in [6, 6.07) is 4.42. The largest absolute Gasteiger partial charge is 0.345 e. The Morgan fingerprint density at radius 1 is 1.42 bits per heavy atom. The molecule has 7 heteroatoms. The fourth-order valence-electron chi connectivity index (χ4n) is 3.14. The van der Waals surface area contributed by atoms with Gasteiger partial charge in [-0.2, -0.15) is 4.98 Å². The zero-order valence-corrected chi connectivity index (χ0v) is 15.2. The van der Waals surface area contributed by atoms with Crippen LogP contribution in [0, 0.1) is 18.7 Å². The first-order valence-electron chi connectivity index (χ1n) is 9.13. The summed E-state index contributed by atoms with van der Waals surface area (Å²) in [7, 11) is 0. The van der Waals surface area contributed by atoms with E-state index in [1.165, 1.54) is 6.07 Å². The number of carbonyl (C=O) groups excluding carboxylic acids is 1. The Balaban J connectivity index is 1.54. The SMILES string of the molecule is Cc1ccc(-c2noc(C(C)NC(=O)CCC3CCNCC3)n2)cc1F. The highest BCUT2D eigenvalue weighted by atomic mass is 19.1. The average molecular weight is 360 g/mol. The molecule has 2 N–H and O–H groups in total. The van der Waals surface area contributed by atoms with E-state index in [1.54, 1.807) is 26.0 Å². The predicted molar refractivity (Wildman–Crippen MR) is 95.8 cm³/mol. The summed E-state index contributed by atoms with van der Waals surface area (Å²) < 4.78 is 18.9. The quantitative estimate of drug-likeness (QED) is 0.827. The fraction of sp³-hybridized carbons (Fsp3) is 0.526. The van der Waals surface area contributed by atoms with Gasteiger partial charge in [0, 0.05) is 12.0 Å². The summed E-state index contributed by atoms with van der Waals surface area (Å²) in [5.74, 6) is 0.917. The molecule has 0 spiro atoms. The van der Waals surface area contributed by atoms with Gasteiger partial charge in [-0.1, -0.05) is 17.3 Å². The normalized spacial score (nSPS) is 16.4. The summed E-state index contributed by atoms with van der Waals surface area (Å²) in [6.07, 6.45) is 3.66. The number of aromatic nitrogens is 2. The van der Waals surface area contributed by atoms with Crippen molar-refractivity contribution in [3.63, 3.8) is 0 Å². The summed E-state index contributed by atoms with van der Waals surface area (Å²) in [5.41, 5.74) is 1.11. The first kappa shape index (κ1) is 18.5.